The molecule has 114 valence electrons. The Bertz CT molecular complexity index is 372. The number of aliphatic carboxylic acids is 1. The van der Waals surface area contributed by atoms with Gasteiger partial charge < -0.3 is 15.3 Å². The number of carbonyl (C=O) groups is 2. The van der Waals surface area contributed by atoms with Gasteiger partial charge in [0, 0.05) is 31.9 Å². The quantitative estimate of drug-likeness (QED) is 0.756. The van der Waals surface area contributed by atoms with E-state index in [-0.39, 0.29) is 17.2 Å². The fourth-order valence-electron chi connectivity index (χ4n) is 2.69. The van der Waals surface area contributed by atoms with Crippen molar-refractivity contribution in [2.45, 2.75) is 25.3 Å². The number of hydrogen-bond donors (Lipinski definition) is 2. The maximum atomic E-state index is 12.5. The molecule has 0 spiro atoms. The van der Waals surface area contributed by atoms with Gasteiger partial charge in [0.05, 0.1) is 11.9 Å². The van der Waals surface area contributed by atoms with Crippen molar-refractivity contribution in [2.24, 2.45) is 5.92 Å². The molecule has 0 aromatic heterocycles. The van der Waals surface area contributed by atoms with E-state index in [0.29, 0.717) is 12.3 Å². The van der Waals surface area contributed by atoms with Crippen LogP contribution in [0.25, 0.3) is 0 Å². The number of hydrogen-bond acceptors (Lipinski definition) is 5. The predicted octanol–water partition coefficient (Wildman–Crippen LogP) is -0.0977. The average molecular weight is 301 g/mol. The van der Waals surface area contributed by atoms with Crippen LogP contribution in [0.1, 0.15) is 13.8 Å². The van der Waals surface area contributed by atoms with E-state index in [9.17, 15) is 14.7 Å². The van der Waals surface area contributed by atoms with E-state index >= 15 is 0 Å². The van der Waals surface area contributed by atoms with Crippen molar-refractivity contribution in [3.8, 4) is 0 Å². The topological polar surface area (TPSA) is 72.9 Å². The van der Waals surface area contributed by atoms with E-state index in [1.165, 1.54) is 0 Å². The molecule has 0 aliphatic carbocycles. The highest BCUT2D eigenvalue weighted by atomic mass is 32.2. The summed E-state index contributed by atoms with van der Waals surface area (Å²) in [7, 11) is 0. The fourth-order valence-corrected chi connectivity index (χ4v) is 4.18. The first-order valence-corrected chi connectivity index (χ1v) is 8.14. The largest absolute Gasteiger partial charge is 0.480 e. The van der Waals surface area contributed by atoms with Gasteiger partial charge in [-0.05, 0) is 5.92 Å². The number of rotatable bonds is 4. The van der Waals surface area contributed by atoms with Crippen molar-refractivity contribution in [3.05, 3.63) is 0 Å². The van der Waals surface area contributed by atoms with Gasteiger partial charge in [0.2, 0.25) is 5.91 Å². The third-order valence-electron chi connectivity index (χ3n) is 3.75. The van der Waals surface area contributed by atoms with E-state index in [1.807, 2.05) is 13.8 Å². The monoisotopic (exact) mass is 301 g/mol. The molecule has 1 amide bonds. The summed E-state index contributed by atoms with van der Waals surface area (Å²) >= 11 is 1.58. The van der Waals surface area contributed by atoms with Crippen molar-refractivity contribution in [2.75, 3.05) is 38.5 Å². The number of piperazine rings is 1. The van der Waals surface area contributed by atoms with Crippen molar-refractivity contribution < 1.29 is 14.7 Å². The van der Waals surface area contributed by atoms with Crippen LogP contribution >= 0.6 is 11.8 Å². The Hall–Kier alpha value is -0.790. The Morgan fingerprint density at radius 2 is 2.00 bits per heavy atom. The first-order chi connectivity index (χ1) is 9.50. The molecule has 0 aromatic carbocycles. The molecule has 0 bridgehead atoms. The van der Waals surface area contributed by atoms with Crippen molar-refractivity contribution >= 4 is 23.6 Å². The molecule has 2 heterocycles. The summed E-state index contributed by atoms with van der Waals surface area (Å²) in [5, 5.41) is 12.5. The lowest BCUT2D eigenvalue weighted by Crippen LogP contribution is -2.53. The molecule has 0 saturated carbocycles. The second-order valence-electron chi connectivity index (χ2n) is 5.65. The number of nitrogens with one attached hydrogen (secondary N) is 1. The molecule has 2 unspecified atom stereocenters. The number of nitrogens with zero attached hydrogens (tertiary/aromatic N) is 2. The van der Waals surface area contributed by atoms with E-state index < -0.39 is 12.0 Å². The highest BCUT2D eigenvalue weighted by Gasteiger charge is 2.42. The zero-order valence-electron chi connectivity index (χ0n) is 12.0. The smallest absolute Gasteiger partial charge is 0.327 e. The molecule has 2 aliphatic heterocycles. The van der Waals surface area contributed by atoms with E-state index in [4.69, 9.17) is 0 Å². The van der Waals surface area contributed by atoms with Crippen molar-refractivity contribution in [1.82, 2.24) is 15.1 Å². The summed E-state index contributed by atoms with van der Waals surface area (Å²) in [4.78, 5) is 27.6. The van der Waals surface area contributed by atoms with Crippen molar-refractivity contribution in [1.29, 1.82) is 0 Å². The predicted molar refractivity (Wildman–Crippen MR) is 78.7 cm³/mol. The molecule has 2 saturated heterocycles. The van der Waals surface area contributed by atoms with Gasteiger partial charge in [-0.15, -0.1) is 11.8 Å². The number of carbonyl (C=O) groups excluding carboxylic acids is 1. The lowest BCUT2D eigenvalue weighted by atomic mass is 10.1. The van der Waals surface area contributed by atoms with Gasteiger partial charge in [0.25, 0.3) is 0 Å². The van der Waals surface area contributed by atoms with Gasteiger partial charge in [-0.1, -0.05) is 13.8 Å². The van der Waals surface area contributed by atoms with E-state index in [0.717, 1.165) is 26.2 Å². The fraction of sp³-hybridized carbons (Fsp3) is 0.846. The highest BCUT2D eigenvalue weighted by molar-refractivity contribution is 8.00. The molecule has 0 radical (unpaired) electrons. The lowest BCUT2D eigenvalue weighted by Gasteiger charge is -2.33. The minimum atomic E-state index is -0.894. The van der Waals surface area contributed by atoms with Crippen LogP contribution in [0.2, 0.25) is 0 Å². The van der Waals surface area contributed by atoms with Crippen LogP contribution in [0.4, 0.5) is 0 Å². The maximum Gasteiger partial charge on any atom is 0.327 e. The first kappa shape index (κ1) is 15.6. The minimum absolute atomic E-state index is 0.0217. The molecule has 2 fully saturated rings. The van der Waals surface area contributed by atoms with Crippen LogP contribution in [0, 0.1) is 5.92 Å². The summed E-state index contributed by atoms with van der Waals surface area (Å²) in [6.45, 7) is 7.86. The Labute approximate surface area is 123 Å². The van der Waals surface area contributed by atoms with Gasteiger partial charge in [0.15, 0.2) is 0 Å². The van der Waals surface area contributed by atoms with Gasteiger partial charge in [-0.2, -0.15) is 0 Å². The Kier molecular flexibility index (Phi) is 5.29. The summed E-state index contributed by atoms with van der Waals surface area (Å²) in [6.07, 6.45) is 0. The number of thioether (sulfide) groups is 1. The first-order valence-electron chi connectivity index (χ1n) is 7.09. The standard InChI is InChI=1S/C13H23N3O3S/c1-9(2)12-16(10(8-20-12)13(18)19)11(17)7-15-5-3-14-4-6-15/h9-10,12,14H,3-8H2,1-2H3,(H,18,19). The zero-order chi connectivity index (χ0) is 14.7. The van der Waals surface area contributed by atoms with Crippen LogP contribution in [-0.4, -0.2) is 76.7 Å². The van der Waals surface area contributed by atoms with Crippen LogP contribution in [0.5, 0.6) is 0 Å². The highest BCUT2D eigenvalue weighted by Crippen LogP contribution is 2.34. The summed E-state index contributed by atoms with van der Waals surface area (Å²) in [5.74, 6) is -0.195. The van der Waals surface area contributed by atoms with Crippen molar-refractivity contribution in [3.63, 3.8) is 0 Å². The molecular weight excluding hydrogens is 278 g/mol. The third-order valence-corrected chi connectivity index (χ3v) is 5.37. The molecular formula is C13H23N3O3S. The van der Waals surface area contributed by atoms with E-state index in [1.54, 1.807) is 16.7 Å². The number of carboxylic acids is 1. The molecule has 6 nitrogen and oxygen atoms in total. The average Bonchev–Trinajstić information content (AvgIpc) is 2.84. The molecule has 2 N–H and O–H groups in total. The second kappa shape index (κ2) is 6.78. The van der Waals surface area contributed by atoms with Crippen LogP contribution in [0.15, 0.2) is 0 Å². The van der Waals surface area contributed by atoms with Gasteiger partial charge >= 0.3 is 5.97 Å². The number of amides is 1. The van der Waals surface area contributed by atoms with E-state index in [2.05, 4.69) is 10.2 Å². The zero-order valence-corrected chi connectivity index (χ0v) is 12.9. The van der Waals surface area contributed by atoms with Crippen LogP contribution in [-0.2, 0) is 9.59 Å². The lowest BCUT2D eigenvalue weighted by molar-refractivity contribution is -0.150. The Morgan fingerprint density at radius 1 is 1.35 bits per heavy atom. The number of carboxylic acid groups (broad SMARTS) is 1. The Morgan fingerprint density at radius 3 is 2.55 bits per heavy atom. The van der Waals surface area contributed by atoms with Gasteiger partial charge in [-0.3, -0.25) is 9.69 Å². The van der Waals surface area contributed by atoms with Gasteiger partial charge in [-0.25, -0.2) is 4.79 Å². The summed E-state index contributed by atoms with van der Waals surface area (Å²) in [5.41, 5.74) is 0. The second-order valence-corrected chi connectivity index (χ2v) is 6.80. The molecule has 0 aromatic rings. The molecule has 2 aliphatic rings. The minimum Gasteiger partial charge on any atom is -0.480 e. The molecule has 2 atom stereocenters. The molecule has 7 heteroatoms. The third kappa shape index (κ3) is 3.45. The molecule has 20 heavy (non-hydrogen) atoms. The maximum absolute atomic E-state index is 12.5. The molecule has 2 rings (SSSR count). The Balaban J connectivity index is 2.04. The summed E-state index contributed by atoms with van der Waals surface area (Å²) < 4.78 is 0. The van der Waals surface area contributed by atoms with Gasteiger partial charge in [0.1, 0.15) is 6.04 Å². The normalized spacial score (nSPS) is 28.1. The van der Waals surface area contributed by atoms with Crippen LogP contribution < -0.4 is 5.32 Å². The van der Waals surface area contributed by atoms with Crippen LogP contribution in [0.3, 0.4) is 0 Å². The summed E-state index contributed by atoms with van der Waals surface area (Å²) in [6, 6.07) is -0.678. The SMILES string of the molecule is CC(C)C1SCC(C(=O)O)N1C(=O)CN1CCNCC1.